The van der Waals surface area contributed by atoms with Crippen LogP contribution in [0.1, 0.15) is 33.6 Å². The Kier molecular flexibility index (Phi) is 3.12. The predicted molar refractivity (Wildman–Crippen MR) is 88.0 cm³/mol. The molecular formula is C16H22BrN3. The van der Waals surface area contributed by atoms with E-state index in [4.69, 9.17) is 5.73 Å². The van der Waals surface area contributed by atoms with Gasteiger partial charge in [0.25, 0.3) is 0 Å². The van der Waals surface area contributed by atoms with E-state index in [2.05, 4.69) is 64.8 Å². The van der Waals surface area contributed by atoms with Gasteiger partial charge in [-0.05, 0) is 42.4 Å². The van der Waals surface area contributed by atoms with Gasteiger partial charge in [-0.25, -0.2) is 0 Å². The van der Waals surface area contributed by atoms with Gasteiger partial charge < -0.3 is 10.6 Å². The molecule has 2 aliphatic rings. The van der Waals surface area contributed by atoms with Gasteiger partial charge in [0, 0.05) is 10.2 Å². The molecule has 0 aromatic heterocycles. The van der Waals surface area contributed by atoms with E-state index in [1.54, 1.807) is 0 Å². The van der Waals surface area contributed by atoms with Crippen LogP contribution in [-0.2, 0) is 0 Å². The minimum Gasteiger partial charge on any atom is -0.369 e. The smallest absolute Gasteiger partial charge is 0.196 e. The van der Waals surface area contributed by atoms with Crippen LogP contribution in [0.3, 0.4) is 0 Å². The van der Waals surface area contributed by atoms with Gasteiger partial charge in [-0.3, -0.25) is 4.99 Å². The lowest BCUT2D eigenvalue weighted by atomic mass is 9.85. The molecule has 0 saturated heterocycles. The first kappa shape index (κ1) is 13.9. The van der Waals surface area contributed by atoms with Gasteiger partial charge in [0.2, 0.25) is 0 Å². The van der Waals surface area contributed by atoms with Gasteiger partial charge in [-0.1, -0.05) is 42.8 Å². The second-order valence-corrected chi connectivity index (χ2v) is 7.96. The van der Waals surface area contributed by atoms with Gasteiger partial charge in [-0.15, -0.1) is 0 Å². The summed E-state index contributed by atoms with van der Waals surface area (Å²) in [6.45, 7) is 7.86. The standard InChI is InChI=1S/C16H22BrN3/c1-11-8-15(2,3)9-16(11)10-19-14(18)20(16)13-6-4-5-12(17)7-13/h4-7,11H,8-10H2,1-3H3,(H2,18,19). The largest absolute Gasteiger partial charge is 0.369 e. The van der Waals surface area contributed by atoms with Crippen LogP contribution >= 0.6 is 15.9 Å². The van der Waals surface area contributed by atoms with Gasteiger partial charge in [0.05, 0.1) is 12.1 Å². The molecule has 0 amide bonds. The van der Waals surface area contributed by atoms with Crippen LogP contribution in [0.4, 0.5) is 5.69 Å². The van der Waals surface area contributed by atoms with E-state index in [0.717, 1.165) is 23.1 Å². The SMILES string of the molecule is CC1CC(C)(C)CC12CN=C(N)N2c1cccc(Br)c1. The molecule has 3 rings (SSSR count). The number of nitrogens with two attached hydrogens (primary N) is 1. The summed E-state index contributed by atoms with van der Waals surface area (Å²) in [4.78, 5) is 6.85. The molecule has 3 nitrogen and oxygen atoms in total. The summed E-state index contributed by atoms with van der Waals surface area (Å²) in [5, 5.41) is 0. The highest BCUT2D eigenvalue weighted by atomic mass is 79.9. The summed E-state index contributed by atoms with van der Waals surface area (Å²) < 4.78 is 1.08. The lowest BCUT2D eigenvalue weighted by Gasteiger charge is -2.40. The van der Waals surface area contributed by atoms with Crippen molar-refractivity contribution in [3.05, 3.63) is 28.7 Å². The zero-order valence-corrected chi connectivity index (χ0v) is 13.9. The fraction of sp³-hybridized carbons (Fsp3) is 0.562. The lowest BCUT2D eigenvalue weighted by molar-refractivity contribution is 0.341. The van der Waals surface area contributed by atoms with Crippen molar-refractivity contribution < 1.29 is 0 Å². The Balaban J connectivity index is 2.05. The highest BCUT2D eigenvalue weighted by Crippen LogP contribution is 2.53. The number of rotatable bonds is 1. The lowest BCUT2D eigenvalue weighted by Crippen LogP contribution is -2.54. The molecule has 1 aromatic rings. The predicted octanol–water partition coefficient (Wildman–Crippen LogP) is 3.78. The summed E-state index contributed by atoms with van der Waals surface area (Å²) in [5.74, 6) is 1.24. The van der Waals surface area contributed by atoms with Gasteiger partial charge >= 0.3 is 0 Å². The second kappa shape index (κ2) is 4.48. The Morgan fingerprint density at radius 1 is 1.40 bits per heavy atom. The molecule has 1 aromatic carbocycles. The highest BCUT2D eigenvalue weighted by Gasteiger charge is 2.55. The molecule has 1 saturated carbocycles. The Morgan fingerprint density at radius 2 is 2.15 bits per heavy atom. The topological polar surface area (TPSA) is 41.6 Å². The zero-order chi connectivity index (χ0) is 14.5. The van der Waals surface area contributed by atoms with E-state index in [-0.39, 0.29) is 5.54 Å². The summed E-state index contributed by atoms with van der Waals surface area (Å²) in [6, 6.07) is 8.36. The van der Waals surface area contributed by atoms with Crippen LogP contribution in [0.5, 0.6) is 0 Å². The number of nitrogens with zero attached hydrogens (tertiary/aromatic N) is 2. The molecule has 20 heavy (non-hydrogen) atoms. The number of hydrogen-bond donors (Lipinski definition) is 1. The van der Waals surface area contributed by atoms with Crippen LogP contribution < -0.4 is 10.6 Å². The molecule has 0 bridgehead atoms. The van der Waals surface area contributed by atoms with Gasteiger partial charge in [0.15, 0.2) is 5.96 Å². The molecule has 1 aliphatic heterocycles. The maximum atomic E-state index is 6.23. The Labute approximate surface area is 129 Å². The first-order valence-electron chi connectivity index (χ1n) is 7.20. The summed E-state index contributed by atoms with van der Waals surface area (Å²) in [5.41, 5.74) is 7.77. The molecule has 1 fully saturated rings. The molecule has 4 heteroatoms. The monoisotopic (exact) mass is 335 g/mol. The van der Waals surface area contributed by atoms with Crippen molar-refractivity contribution in [1.29, 1.82) is 0 Å². The number of benzene rings is 1. The number of guanidine groups is 1. The quantitative estimate of drug-likeness (QED) is 0.848. The number of hydrogen-bond acceptors (Lipinski definition) is 3. The second-order valence-electron chi connectivity index (χ2n) is 7.04. The van der Waals surface area contributed by atoms with E-state index >= 15 is 0 Å². The van der Waals surface area contributed by atoms with Crippen molar-refractivity contribution in [3.8, 4) is 0 Å². The number of halogens is 1. The van der Waals surface area contributed by atoms with E-state index in [0.29, 0.717) is 17.3 Å². The van der Waals surface area contributed by atoms with Crippen molar-refractivity contribution in [2.45, 2.75) is 39.2 Å². The van der Waals surface area contributed by atoms with Crippen molar-refractivity contribution >= 4 is 27.6 Å². The molecule has 2 unspecified atom stereocenters. The Hall–Kier alpha value is -1.03. The minimum absolute atomic E-state index is 0.0500. The molecule has 1 heterocycles. The summed E-state index contributed by atoms with van der Waals surface area (Å²) >= 11 is 3.56. The first-order chi connectivity index (χ1) is 9.34. The molecular weight excluding hydrogens is 314 g/mol. The maximum Gasteiger partial charge on any atom is 0.196 e. The number of aliphatic imine (C=N–C) groups is 1. The van der Waals surface area contributed by atoms with E-state index in [1.165, 1.54) is 6.42 Å². The van der Waals surface area contributed by atoms with E-state index in [9.17, 15) is 0 Å². The molecule has 108 valence electrons. The molecule has 2 atom stereocenters. The van der Waals surface area contributed by atoms with Crippen LogP contribution in [0.25, 0.3) is 0 Å². The third kappa shape index (κ3) is 2.05. The van der Waals surface area contributed by atoms with Crippen LogP contribution in [-0.4, -0.2) is 18.0 Å². The summed E-state index contributed by atoms with van der Waals surface area (Å²) in [7, 11) is 0. The van der Waals surface area contributed by atoms with Gasteiger partial charge in [-0.2, -0.15) is 0 Å². The Bertz CT molecular complexity index is 567. The normalized spacial score (nSPS) is 31.9. The van der Waals surface area contributed by atoms with Gasteiger partial charge in [0.1, 0.15) is 0 Å². The van der Waals surface area contributed by atoms with E-state index in [1.807, 2.05) is 6.07 Å². The van der Waals surface area contributed by atoms with E-state index < -0.39 is 0 Å². The highest BCUT2D eigenvalue weighted by molar-refractivity contribution is 9.10. The molecule has 1 spiro atoms. The van der Waals surface area contributed by atoms with Crippen LogP contribution in [0, 0.1) is 11.3 Å². The van der Waals surface area contributed by atoms with Crippen LogP contribution in [0.15, 0.2) is 33.7 Å². The third-order valence-corrected chi connectivity index (χ3v) is 5.31. The average molecular weight is 336 g/mol. The fourth-order valence-electron chi connectivity index (χ4n) is 4.20. The van der Waals surface area contributed by atoms with Crippen LogP contribution in [0.2, 0.25) is 0 Å². The maximum absolute atomic E-state index is 6.23. The van der Waals surface area contributed by atoms with Crippen molar-refractivity contribution in [2.75, 3.05) is 11.4 Å². The fourth-order valence-corrected chi connectivity index (χ4v) is 4.58. The minimum atomic E-state index is 0.0500. The Morgan fingerprint density at radius 3 is 2.75 bits per heavy atom. The molecule has 1 aliphatic carbocycles. The average Bonchev–Trinajstić information content (AvgIpc) is 2.77. The summed E-state index contributed by atoms with van der Waals surface area (Å²) in [6.07, 6.45) is 2.36. The first-order valence-corrected chi connectivity index (χ1v) is 7.99. The van der Waals surface area contributed by atoms with Crippen molar-refractivity contribution in [2.24, 2.45) is 22.1 Å². The van der Waals surface area contributed by atoms with Crippen molar-refractivity contribution in [3.63, 3.8) is 0 Å². The van der Waals surface area contributed by atoms with Crippen molar-refractivity contribution in [1.82, 2.24) is 0 Å². The molecule has 0 radical (unpaired) electrons. The zero-order valence-electron chi connectivity index (χ0n) is 12.4. The third-order valence-electron chi connectivity index (χ3n) is 4.82. The molecule has 2 N–H and O–H groups in total. The number of anilines is 1.